The number of phenolic OH excluding ortho intramolecular Hbond substituents is 1. The molecule has 0 saturated carbocycles. The van der Waals surface area contributed by atoms with Crippen LogP contribution in [0.4, 0.5) is 0 Å². The van der Waals surface area contributed by atoms with Gasteiger partial charge in [-0.1, -0.05) is 34.1 Å². The minimum absolute atomic E-state index is 0.215. The van der Waals surface area contributed by atoms with Gasteiger partial charge in [0.25, 0.3) is 0 Å². The zero-order valence-corrected chi connectivity index (χ0v) is 11.4. The predicted molar refractivity (Wildman–Crippen MR) is 75.8 cm³/mol. The van der Waals surface area contributed by atoms with Crippen LogP contribution in [0.15, 0.2) is 46.9 Å². The van der Waals surface area contributed by atoms with E-state index in [1.165, 1.54) is 16.7 Å². The standard InChI is InChI=1S/C15H14BrNO/c16-12-3-1-2-11(8-12)15-14-5-4-13(18)9-10(14)6-7-17-15/h1-5,8-9,15,17-18H,6-7H2. The molecule has 0 bridgehead atoms. The molecule has 1 atom stereocenters. The Balaban J connectivity index is 2.06. The van der Waals surface area contributed by atoms with Crippen LogP contribution in [0.25, 0.3) is 0 Å². The van der Waals surface area contributed by atoms with E-state index in [0.717, 1.165) is 17.4 Å². The van der Waals surface area contributed by atoms with Crippen molar-refractivity contribution in [2.45, 2.75) is 12.5 Å². The van der Waals surface area contributed by atoms with Crippen molar-refractivity contribution >= 4 is 15.9 Å². The molecule has 0 aliphatic carbocycles. The van der Waals surface area contributed by atoms with Crippen LogP contribution >= 0.6 is 15.9 Å². The van der Waals surface area contributed by atoms with Crippen LogP contribution in [-0.2, 0) is 6.42 Å². The van der Waals surface area contributed by atoms with Crippen LogP contribution in [0.1, 0.15) is 22.7 Å². The highest BCUT2D eigenvalue weighted by molar-refractivity contribution is 9.10. The average Bonchev–Trinajstić information content (AvgIpc) is 2.37. The van der Waals surface area contributed by atoms with Gasteiger partial charge in [-0.25, -0.2) is 0 Å². The molecule has 2 N–H and O–H groups in total. The van der Waals surface area contributed by atoms with Gasteiger partial charge < -0.3 is 10.4 Å². The molecule has 18 heavy (non-hydrogen) atoms. The van der Waals surface area contributed by atoms with Crippen molar-refractivity contribution in [3.05, 3.63) is 63.6 Å². The fraction of sp³-hybridized carbons (Fsp3) is 0.200. The number of benzene rings is 2. The Morgan fingerprint density at radius 2 is 2.06 bits per heavy atom. The number of nitrogens with one attached hydrogen (secondary N) is 1. The number of hydrogen-bond acceptors (Lipinski definition) is 2. The van der Waals surface area contributed by atoms with Crippen molar-refractivity contribution in [3.63, 3.8) is 0 Å². The molecular weight excluding hydrogens is 290 g/mol. The van der Waals surface area contributed by atoms with Gasteiger partial charge in [-0.15, -0.1) is 0 Å². The van der Waals surface area contributed by atoms with Gasteiger partial charge in [0, 0.05) is 11.0 Å². The molecule has 0 saturated heterocycles. The topological polar surface area (TPSA) is 32.3 Å². The summed E-state index contributed by atoms with van der Waals surface area (Å²) < 4.78 is 1.09. The van der Waals surface area contributed by atoms with Crippen molar-refractivity contribution in [3.8, 4) is 5.75 Å². The molecule has 0 amide bonds. The van der Waals surface area contributed by atoms with Gasteiger partial charge in [0.15, 0.2) is 0 Å². The Hall–Kier alpha value is -1.32. The molecule has 2 aromatic rings. The van der Waals surface area contributed by atoms with Gasteiger partial charge in [0.1, 0.15) is 5.75 Å². The van der Waals surface area contributed by atoms with Crippen LogP contribution in [0.5, 0.6) is 5.75 Å². The van der Waals surface area contributed by atoms with E-state index in [2.05, 4.69) is 39.4 Å². The lowest BCUT2D eigenvalue weighted by Gasteiger charge is -2.27. The lowest BCUT2D eigenvalue weighted by atomic mass is 9.90. The van der Waals surface area contributed by atoms with Gasteiger partial charge in [-0.05, 0) is 47.4 Å². The number of phenols is 1. The fourth-order valence-corrected chi connectivity index (χ4v) is 2.95. The second kappa shape index (κ2) is 4.75. The molecule has 3 heteroatoms. The second-order valence-electron chi connectivity index (χ2n) is 4.58. The van der Waals surface area contributed by atoms with Crippen molar-refractivity contribution in [2.24, 2.45) is 0 Å². The Morgan fingerprint density at radius 3 is 2.89 bits per heavy atom. The normalized spacial score (nSPS) is 18.4. The van der Waals surface area contributed by atoms with E-state index in [4.69, 9.17) is 0 Å². The third-order valence-electron chi connectivity index (χ3n) is 3.36. The SMILES string of the molecule is Oc1ccc2c(c1)CCNC2c1cccc(Br)c1. The highest BCUT2D eigenvalue weighted by Crippen LogP contribution is 2.31. The van der Waals surface area contributed by atoms with Gasteiger partial charge in [0.05, 0.1) is 6.04 Å². The smallest absolute Gasteiger partial charge is 0.115 e. The lowest BCUT2D eigenvalue weighted by molar-refractivity contribution is 0.471. The minimum Gasteiger partial charge on any atom is -0.508 e. The maximum absolute atomic E-state index is 9.56. The Bertz CT molecular complexity index is 582. The van der Waals surface area contributed by atoms with E-state index in [1.807, 2.05) is 18.2 Å². The maximum Gasteiger partial charge on any atom is 0.115 e. The molecule has 1 heterocycles. The van der Waals surface area contributed by atoms with Crippen molar-refractivity contribution in [1.82, 2.24) is 5.32 Å². The van der Waals surface area contributed by atoms with Crippen molar-refractivity contribution in [1.29, 1.82) is 0 Å². The number of hydrogen-bond donors (Lipinski definition) is 2. The lowest BCUT2D eigenvalue weighted by Crippen LogP contribution is -2.30. The summed E-state index contributed by atoms with van der Waals surface area (Å²) in [5.74, 6) is 0.351. The summed E-state index contributed by atoms with van der Waals surface area (Å²) in [5, 5.41) is 13.1. The summed E-state index contributed by atoms with van der Waals surface area (Å²) in [7, 11) is 0. The highest BCUT2D eigenvalue weighted by atomic mass is 79.9. The molecule has 2 nitrogen and oxygen atoms in total. The first kappa shape index (κ1) is 11.8. The Kier molecular flexibility index (Phi) is 3.10. The summed E-state index contributed by atoms with van der Waals surface area (Å²) in [4.78, 5) is 0. The van der Waals surface area contributed by atoms with E-state index in [-0.39, 0.29) is 6.04 Å². The highest BCUT2D eigenvalue weighted by Gasteiger charge is 2.21. The number of halogens is 1. The molecule has 1 aliphatic heterocycles. The first-order chi connectivity index (χ1) is 8.74. The van der Waals surface area contributed by atoms with E-state index < -0.39 is 0 Å². The molecule has 2 aromatic carbocycles. The largest absolute Gasteiger partial charge is 0.508 e. The van der Waals surface area contributed by atoms with Crippen molar-refractivity contribution < 1.29 is 5.11 Å². The maximum atomic E-state index is 9.56. The molecule has 3 rings (SSSR count). The van der Waals surface area contributed by atoms with Gasteiger partial charge in [-0.3, -0.25) is 0 Å². The first-order valence-corrected chi connectivity index (χ1v) is 6.84. The number of fused-ring (bicyclic) bond motifs is 1. The van der Waals surface area contributed by atoms with E-state index >= 15 is 0 Å². The van der Waals surface area contributed by atoms with Crippen LogP contribution in [0.3, 0.4) is 0 Å². The Labute approximate surface area is 115 Å². The Morgan fingerprint density at radius 1 is 1.17 bits per heavy atom. The van der Waals surface area contributed by atoms with Crippen LogP contribution in [0.2, 0.25) is 0 Å². The molecule has 1 aliphatic rings. The van der Waals surface area contributed by atoms with E-state index in [0.29, 0.717) is 5.75 Å². The third kappa shape index (κ3) is 2.16. The summed E-state index contributed by atoms with van der Waals surface area (Å²) in [6.07, 6.45) is 0.967. The van der Waals surface area contributed by atoms with Gasteiger partial charge in [0.2, 0.25) is 0 Å². The summed E-state index contributed by atoms with van der Waals surface area (Å²) >= 11 is 3.51. The fourth-order valence-electron chi connectivity index (χ4n) is 2.53. The van der Waals surface area contributed by atoms with E-state index in [1.54, 1.807) is 6.07 Å². The first-order valence-electron chi connectivity index (χ1n) is 6.05. The zero-order valence-electron chi connectivity index (χ0n) is 9.86. The third-order valence-corrected chi connectivity index (χ3v) is 3.86. The van der Waals surface area contributed by atoms with Crippen molar-refractivity contribution in [2.75, 3.05) is 6.54 Å². The van der Waals surface area contributed by atoms with Gasteiger partial charge >= 0.3 is 0 Å². The quantitative estimate of drug-likeness (QED) is 0.846. The molecule has 0 fully saturated rings. The minimum atomic E-state index is 0.215. The summed E-state index contributed by atoms with van der Waals surface area (Å²) in [5.41, 5.74) is 3.74. The second-order valence-corrected chi connectivity index (χ2v) is 5.49. The zero-order chi connectivity index (χ0) is 12.5. The number of rotatable bonds is 1. The molecular formula is C15H14BrNO. The molecule has 0 radical (unpaired) electrons. The van der Waals surface area contributed by atoms with Crippen LogP contribution < -0.4 is 5.32 Å². The average molecular weight is 304 g/mol. The molecule has 0 spiro atoms. The number of aromatic hydroxyl groups is 1. The molecule has 0 aromatic heterocycles. The van der Waals surface area contributed by atoms with Gasteiger partial charge in [-0.2, -0.15) is 0 Å². The predicted octanol–water partition coefficient (Wildman–Crippen LogP) is 3.39. The molecule has 92 valence electrons. The molecule has 1 unspecified atom stereocenters. The van der Waals surface area contributed by atoms with E-state index in [9.17, 15) is 5.11 Å². The van der Waals surface area contributed by atoms with Crippen LogP contribution in [0, 0.1) is 0 Å². The van der Waals surface area contributed by atoms with Crippen LogP contribution in [-0.4, -0.2) is 11.7 Å². The monoisotopic (exact) mass is 303 g/mol. The summed E-state index contributed by atoms with van der Waals surface area (Å²) in [6, 6.07) is 14.2. The summed E-state index contributed by atoms with van der Waals surface area (Å²) in [6.45, 7) is 0.938.